The van der Waals surface area contributed by atoms with E-state index in [4.69, 9.17) is 71.1 Å². The van der Waals surface area contributed by atoms with Crippen molar-refractivity contribution in [3.05, 3.63) is 12.7 Å². The number of carbonyl (C=O) groups excluding carboxylic acids is 1. The van der Waals surface area contributed by atoms with Crippen molar-refractivity contribution < 1.29 is 75.8 Å². The van der Waals surface area contributed by atoms with E-state index < -0.39 is 5.97 Å². The van der Waals surface area contributed by atoms with Gasteiger partial charge in [0.1, 0.15) is 6.61 Å². The van der Waals surface area contributed by atoms with Crippen LogP contribution < -0.4 is 0 Å². The number of ether oxygens (including phenoxy) is 15. The Morgan fingerprint density at radius 1 is 0.333 bits per heavy atom. The molecule has 0 saturated carbocycles. The molecule has 0 aliphatic heterocycles. The summed E-state index contributed by atoms with van der Waals surface area (Å²) in [6.07, 6.45) is 1.11. The molecule has 0 heterocycles. The fourth-order valence-corrected chi connectivity index (χ4v) is 3.14. The van der Waals surface area contributed by atoms with Gasteiger partial charge in [0.15, 0.2) is 0 Å². The van der Waals surface area contributed by atoms with E-state index in [0.717, 1.165) is 6.08 Å². The van der Waals surface area contributed by atoms with Crippen molar-refractivity contribution in [2.45, 2.75) is 0 Å². The third kappa shape index (κ3) is 42.7. The average Bonchev–Trinajstić information content (AvgIpc) is 3.10. The highest BCUT2D eigenvalue weighted by atomic mass is 16.6. The van der Waals surface area contributed by atoms with Gasteiger partial charge in [-0.15, -0.1) is 0 Å². The highest BCUT2D eigenvalue weighted by Crippen LogP contribution is 1.88. The van der Waals surface area contributed by atoms with Crippen molar-refractivity contribution in [3.63, 3.8) is 0 Å². The van der Waals surface area contributed by atoms with E-state index in [9.17, 15) is 4.79 Å². The molecule has 0 aromatic carbocycles. The van der Waals surface area contributed by atoms with Gasteiger partial charge in [0.2, 0.25) is 0 Å². The molecule has 48 heavy (non-hydrogen) atoms. The molecule has 0 fully saturated rings. The predicted octanol–water partition coefficient (Wildman–Crippen LogP) is 0.578. The zero-order valence-corrected chi connectivity index (χ0v) is 29.1. The molecule has 16 nitrogen and oxygen atoms in total. The van der Waals surface area contributed by atoms with E-state index in [0.29, 0.717) is 178 Å². The second-order valence-corrected chi connectivity index (χ2v) is 9.33. The van der Waals surface area contributed by atoms with Crippen LogP contribution >= 0.6 is 0 Å². The summed E-state index contributed by atoms with van der Waals surface area (Å²) in [5.41, 5.74) is 0. The van der Waals surface area contributed by atoms with Gasteiger partial charge in [-0.2, -0.15) is 0 Å². The molecule has 0 spiro atoms. The molecule has 0 aromatic heterocycles. The lowest BCUT2D eigenvalue weighted by atomic mass is 10.6. The maximum Gasteiger partial charge on any atom is 0.330 e. The van der Waals surface area contributed by atoms with E-state index in [-0.39, 0.29) is 6.61 Å². The van der Waals surface area contributed by atoms with Crippen LogP contribution in [0.25, 0.3) is 0 Å². The minimum Gasteiger partial charge on any atom is -0.460 e. The molecule has 286 valence electrons. The molecule has 0 aliphatic carbocycles. The number of esters is 1. The molecular formula is C32H62O16. The summed E-state index contributed by atoms with van der Waals surface area (Å²) in [5.74, 6) is -0.461. The topological polar surface area (TPSA) is 156 Å². The van der Waals surface area contributed by atoms with Crippen LogP contribution in [-0.4, -0.2) is 198 Å². The smallest absolute Gasteiger partial charge is 0.330 e. The van der Waals surface area contributed by atoms with Crippen LogP contribution in [0.4, 0.5) is 0 Å². The largest absolute Gasteiger partial charge is 0.460 e. The first-order chi connectivity index (χ1) is 23.8. The summed E-state index contributed by atoms with van der Waals surface area (Å²) in [4.78, 5) is 10.8. The number of carbonyl (C=O) groups is 1. The molecule has 0 aromatic rings. The molecule has 0 rings (SSSR count). The van der Waals surface area contributed by atoms with Gasteiger partial charge < -0.3 is 71.1 Å². The van der Waals surface area contributed by atoms with Crippen LogP contribution in [0.1, 0.15) is 0 Å². The number of hydrogen-bond acceptors (Lipinski definition) is 16. The fraction of sp³-hybridized carbons (Fsp3) is 0.906. The van der Waals surface area contributed by atoms with Crippen LogP contribution in [0.15, 0.2) is 12.7 Å². The molecule has 0 radical (unpaired) electrons. The summed E-state index contributed by atoms with van der Waals surface area (Å²) < 4.78 is 80.1. The van der Waals surface area contributed by atoms with Crippen molar-refractivity contribution in [3.8, 4) is 0 Å². The molecule has 0 bridgehead atoms. The summed E-state index contributed by atoms with van der Waals surface area (Å²) in [5, 5.41) is 0. The Balaban J connectivity index is 3.05. The van der Waals surface area contributed by atoms with Gasteiger partial charge in [-0.25, -0.2) is 4.79 Å². The summed E-state index contributed by atoms with van der Waals surface area (Å²) >= 11 is 0. The Kier molecular flexibility index (Phi) is 42.4. The highest BCUT2D eigenvalue weighted by Gasteiger charge is 1.98. The minimum absolute atomic E-state index is 0.196. The third-order valence-corrected chi connectivity index (χ3v) is 5.53. The Morgan fingerprint density at radius 2 is 0.500 bits per heavy atom. The van der Waals surface area contributed by atoms with Crippen LogP contribution in [0.5, 0.6) is 0 Å². The zero-order valence-electron chi connectivity index (χ0n) is 29.1. The first-order valence-electron chi connectivity index (χ1n) is 16.6. The maximum atomic E-state index is 10.8. The van der Waals surface area contributed by atoms with Crippen molar-refractivity contribution in [1.82, 2.24) is 0 Å². The number of methoxy groups -OCH3 is 1. The maximum absolute atomic E-state index is 10.8. The monoisotopic (exact) mass is 702 g/mol. The SMILES string of the molecule is C=CC(=O)OCCOCCOCCOCCOCCOCCOCCOCCOCCOCCOCCOCCOCCOCCOC. The quantitative estimate of drug-likeness (QED) is 0.0494. The molecule has 16 heteroatoms. The Morgan fingerprint density at radius 3 is 0.667 bits per heavy atom. The lowest BCUT2D eigenvalue weighted by Crippen LogP contribution is -2.15. The van der Waals surface area contributed by atoms with E-state index in [1.54, 1.807) is 7.11 Å². The Labute approximate surface area is 286 Å². The second-order valence-electron chi connectivity index (χ2n) is 9.33. The first kappa shape index (κ1) is 46.6. The van der Waals surface area contributed by atoms with Gasteiger partial charge in [-0.05, 0) is 0 Å². The van der Waals surface area contributed by atoms with Gasteiger partial charge in [0.25, 0.3) is 0 Å². The van der Waals surface area contributed by atoms with E-state index >= 15 is 0 Å². The van der Waals surface area contributed by atoms with Gasteiger partial charge >= 0.3 is 5.97 Å². The van der Waals surface area contributed by atoms with E-state index in [2.05, 4.69) is 6.58 Å². The van der Waals surface area contributed by atoms with Crippen molar-refractivity contribution in [2.24, 2.45) is 0 Å². The van der Waals surface area contributed by atoms with Crippen molar-refractivity contribution in [1.29, 1.82) is 0 Å². The van der Waals surface area contributed by atoms with E-state index in [1.165, 1.54) is 0 Å². The molecule has 0 atom stereocenters. The van der Waals surface area contributed by atoms with E-state index in [1.807, 2.05) is 0 Å². The number of rotatable bonds is 43. The standard InChI is InChI=1S/C32H62O16/c1-3-32(33)48-31-30-47-29-28-46-27-26-45-25-24-44-23-22-43-21-20-42-19-18-41-17-16-40-15-14-39-13-12-38-11-10-37-9-8-36-7-6-35-5-4-34-2/h3H,1,4-31H2,2H3. The summed E-state index contributed by atoms with van der Waals surface area (Å²) in [6.45, 7) is 16.9. The lowest BCUT2D eigenvalue weighted by Gasteiger charge is -2.09. The molecular weight excluding hydrogens is 640 g/mol. The second kappa shape index (κ2) is 43.7. The Bertz CT molecular complexity index is 631. The van der Waals surface area contributed by atoms with Gasteiger partial charge in [-0.1, -0.05) is 6.58 Å². The van der Waals surface area contributed by atoms with Crippen molar-refractivity contribution in [2.75, 3.05) is 192 Å². The minimum atomic E-state index is -0.461. The van der Waals surface area contributed by atoms with Crippen LogP contribution in [0.2, 0.25) is 0 Å². The Hall–Kier alpha value is -1.35. The van der Waals surface area contributed by atoms with Crippen LogP contribution in [0, 0.1) is 0 Å². The van der Waals surface area contributed by atoms with Gasteiger partial charge in [0, 0.05) is 13.2 Å². The average molecular weight is 703 g/mol. The van der Waals surface area contributed by atoms with Crippen LogP contribution in [0.3, 0.4) is 0 Å². The third-order valence-electron chi connectivity index (χ3n) is 5.53. The highest BCUT2D eigenvalue weighted by molar-refractivity contribution is 5.81. The number of hydrogen-bond donors (Lipinski definition) is 0. The molecule has 0 aliphatic rings. The normalized spacial score (nSPS) is 11.4. The molecule has 0 unspecified atom stereocenters. The fourth-order valence-electron chi connectivity index (χ4n) is 3.14. The zero-order chi connectivity index (χ0) is 34.7. The molecule has 0 N–H and O–H groups in total. The van der Waals surface area contributed by atoms with Gasteiger partial charge in [0.05, 0.1) is 178 Å². The van der Waals surface area contributed by atoms with Crippen molar-refractivity contribution >= 4 is 5.97 Å². The summed E-state index contributed by atoms with van der Waals surface area (Å²) in [6, 6.07) is 0. The predicted molar refractivity (Wildman–Crippen MR) is 174 cm³/mol. The van der Waals surface area contributed by atoms with Gasteiger partial charge in [-0.3, -0.25) is 0 Å². The lowest BCUT2D eigenvalue weighted by molar-refractivity contribution is -0.139. The summed E-state index contributed by atoms with van der Waals surface area (Å²) in [7, 11) is 1.64. The van der Waals surface area contributed by atoms with Crippen LogP contribution in [-0.2, 0) is 75.8 Å². The molecule has 0 amide bonds. The molecule has 0 saturated heterocycles. The first-order valence-corrected chi connectivity index (χ1v) is 16.6.